The fourth-order valence-corrected chi connectivity index (χ4v) is 2.37. The highest BCUT2D eigenvalue weighted by molar-refractivity contribution is 5.96. The summed E-state index contributed by atoms with van der Waals surface area (Å²) >= 11 is 0. The average Bonchev–Trinajstić information content (AvgIpc) is 2.39. The molecule has 1 aliphatic rings. The lowest BCUT2D eigenvalue weighted by molar-refractivity contribution is 0.101. The molecule has 0 spiro atoms. The Kier molecular flexibility index (Phi) is 4.91. The number of halogens is 1. The van der Waals surface area contributed by atoms with Gasteiger partial charge in [0.25, 0.3) is 0 Å². The van der Waals surface area contributed by atoms with Gasteiger partial charge in [-0.25, -0.2) is 4.39 Å². The second-order valence-corrected chi connectivity index (χ2v) is 4.95. The first-order valence-corrected chi connectivity index (χ1v) is 6.82. The van der Waals surface area contributed by atoms with Gasteiger partial charge in [-0.3, -0.25) is 9.69 Å². The van der Waals surface area contributed by atoms with E-state index in [9.17, 15) is 9.18 Å². The zero-order valence-corrected chi connectivity index (χ0v) is 11.3. The first-order chi connectivity index (χ1) is 9.16. The molecule has 0 radical (unpaired) electrons. The number of likely N-dealkylation sites (tertiary alicyclic amines) is 1. The molecule has 2 rings (SSSR count). The van der Waals surface area contributed by atoms with Crippen LogP contribution in [0.4, 0.5) is 4.39 Å². The maximum Gasteiger partial charge on any atom is 0.163 e. The predicted octanol–water partition coefficient (Wildman–Crippen LogP) is 2.89. The third kappa shape index (κ3) is 4.03. The Labute approximate surface area is 113 Å². The van der Waals surface area contributed by atoms with E-state index in [0.717, 1.165) is 19.6 Å². The van der Waals surface area contributed by atoms with Crippen molar-refractivity contribution < 1.29 is 13.9 Å². The number of rotatable bonds is 5. The van der Waals surface area contributed by atoms with Crippen LogP contribution in [0.5, 0.6) is 5.75 Å². The lowest BCUT2D eigenvalue weighted by Gasteiger charge is -2.26. The number of ether oxygens (including phenoxy) is 1. The molecule has 0 aliphatic carbocycles. The lowest BCUT2D eigenvalue weighted by atomic mass is 10.1. The molecule has 3 nitrogen and oxygen atoms in total. The Balaban J connectivity index is 1.91. The van der Waals surface area contributed by atoms with E-state index in [1.807, 2.05) is 0 Å². The van der Waals surface area contributed by atoms with Crippen LogP contribution in [-0.4, -0.2) is 36.9 Å². The van der Waals surface area contributed by atoms with Gasteiger partial charge in [0, 0.05) is 12.6 Å². The topological polar surface area (TPSA) is 29.5 Å². The highest BCUT2D eigenvalue weighted by atomic mass is 19.1. The average molecular weight is 265 g/mol. The maximum absolute atomic E-state index is 13.2. The highest BCUT2D eigenvalue weighted by Crippen LogP contribution is 2.20. The predicted molar refractivity (Wildman–Crippen MR) is 72.2 cm³/mol. The van der Waals surface area contributed by atoms with E-state index in [1.54, 1.807) is 0 Å². The lowest BCUT2D eigenvalue weighted by Crippen LogP contribution is -2.33. The van der Waals surface area contributed by atoms with Crippen LogP contribution in [0.3, 0.4) is 0 Å². The van der Waals surface area contributed by atoms with Gasteiger partial charge in [-0.15, -0.1) is 0 Å². The molecule has 1 fully saturated rings. The molecule has 0 unspecified atom stereocenters. The van der Waals surface area contributed by atoms with Gasteiger partial charge in [-0.05, 0) is 45.0 Å². The number of Topliss-reactive ketones (excluding diaryl/α,β-unsaturated/α-hetero) is 1. The summed E-state index contributed by atoms with van der Waals surface area (Å²) in [6.45, 7) is 4.99. The number of ketones is 1. The largest absolute Gasteiger partial charge is 0.491 e. The molecule has 0 saturated carbocycles. The number of carbonyl (C=O) groups excluding carboxylic acids is 1. The van der Waals surface area contributed by atoms with E-state index in [-0.39, 0.29) is 11.6 Å². The van der Waals surface area contributed by atoms with Crippen molar-refractivity contribution in [2.24, 2.45) is 0 Å². The minimum atomic E-state index is -0.377. The van der Waals surface area contributed by atoms with Gasteiger partial charge in [0.15, 0.2) is 5.78 Å². The summed E-state index contributed by atoms with van der Waals surface area (Å²) in [6.07, 6.45) is 3.77. The van der Waals surface area contributed by atoms with Crippen molar-refractivity contribution in [2.75, 3.05) is 26.2 Å². The van der Waals surface area contributed by atoms with Gasteiger partial charge in [0.2, 0.25) is 0 Å². The molecule has 4 heteroatoms. The second kappa shape index (κ2) is 6.66. The Morgan fingerprint density at radius 1 is 1.32 bits per heavy atom. The molecule has 0 atom stereocenters. The molecule has 1 saturated heterocycles. The molecule has 0 aromatic heterocycles. The van der Waals surface area contributed by atoms with Crippen molar-refractivity contribution in [3.63, 3.8) is 0 Å². The van der Waals surface area contributed by atoms with Gasteiger partial charge in [-0.2, -0.15) is 0 Å². The number of hydrogen-bond acceptors (Lipinski definition) is 3. The molecule has 104 valence electrons. The number of carbonyl (C=O) groups is 1. The summed E-state index contributed by atoms with van der Waals surface area (Å²) in [5.41, 5.74) is 0.444. The summed E-state index contributed by atoms with van der Waals surface area (Å²) in [5, 5.41) is 0. The summed E-state index contributed by atoms with van der Waals surface area (Å²) in [7, 11) is 0. The quantitative estimate of drug-likeness (QED) is 0.767. The third-order valence-electron chi connectivity index (χ3n) is 3.44. The van der Waals surface area contributed by atoms with E-state index in [4.69, 9.17) is 4.74 Å². The normalized spacial score (nSPS) is 16.3. The van der Waals surface area contributed by atoms with Crippen LogP contribution in [-0.2, 0) is 0 Å². The van der Waals surface area contributed by atoms with Gasteiger partial charge in [-0.1, -0.05) is 6.42 Å². The SMILES string of the molecule is CC(=O)c1ccc(F)cc1OCCN1CCCCC1. The Morgan fingerprint density at radius 2 is 2.05 bits per heavy atom. The van der Waals surface area contributed by atoms with Crippen molar-refractivity contribution in [3.05, 3.63) is 29.6 Å². The van der Waals surface area contributed by atoms with Crippen molar-refractivity contribution in [1.82, 2.24) is 4.90 Å². The fraction of sp³-hybridized carbons (Fsp3) is 0.533. The monoisotopic (exact) mass is 265 g/mol. The van der Waals surface area contributed by atoms with E-state index in [0.29, 0.717) is 17.9 Å². The first-order valence-electron chi connectivity index (χ1n) is 6.82. The highest BCUT2D eigenvalue weighted by Gasteiger charge is 2.12. The molecular weight excluding hydrogens is 245 g/mol. The molecule has 1 aromatic carbocycles. The Hall–Kier alpha value is -1.42. The van der Waals surface area contributed by atoms with E-state index < -0.39 is 0 Å². The standard InChI is InChI=1S/C15H20FNO2/c1-12(18)14-6-5-13(16)11-15(14)19-10-9-17-7-3-2-4-8-17/h5-6,11H,2-4,7-10H2,1H3. The van der Waals surface area contributed by atoms with Crippen LogP contribution in [0.1, 0.15) is 36.5 Å². The zero-order chi connectivity index (χ0) is 13.7. The molecule has 1 aromatic rings. The van der Waals surface area contributed by atoms with Crippen molar-refractivity contribution in [3.8, 4) is 5.75 Å². The molecule has 1 aliphatic heterocycles. The number of piperidine rings is 1. The fourth-order valence-electron chi connectivity index (χ4n) is 2.37. The van der Waals surface area contributed by atoms with Crippen molar-refractivity contribution in [1.29, 1.82) is 0 Å². The van der Waals surface area contributed by atoms with E-state index in [1.165, 1.54) is 44.4 Å². The third-order valence-corrected chi connectivity index (χ3v) is 3.44. The zero-order valence-electron chi connectivity index (χ0n) is 11.3. The van der Waals surface area contributed by atoms with E-state index in [2.05, 4.69) is 4.90 Å². The van der Waals surface area contributed by atoms with Gasteiger partial charge in [0.1, 0.15) is 18.2 Å². The molecule has 0 amide bonds. The second-order valence-electron chi connectivity index (χ2n) is 4.95. The summed E-state index contributed by atoms with van der Waals surface area (Å²) in [4.78, 5) is 13.8. The van der Waals surface area contributed by atoms with E-state index >= 15 is 0 Å². The Morgan fingerprint density at radius 3 is 2.74 bits per heavy atom. The number of nitrogens with zero attached hydrogens (tertiary/aromatic N) is 1. The molecular formula is C15H20FNO2. The smallest absolute Gasteiger partial charge is 0.163 e. The van der Waals surface area contributed by atoms with Gasteiger partial charge in [0.05, 0.1) is 5.56 Å². The van der Waals surface area contributed by atoms with Crippen molar-refractivity contribution >= 4 is 5.78 Å². The summed E-state index contributed by atoms with van der Waals surface area (Å²) < 4.78 is 18.8. The van der Waals surface area contributed by atoms with Crippen LogP contribution in [0.15, 0.2) is 18.2 Å². The Bertz CT molecular complexity index is 442. The van der Waals surface area contributed by atoms with Crippen LogP contribution < -0.4 is 4.74 Å². The van der Waals surface area contributed by atoms with Crippen LogP contribution in [0, 0.1) is 5.82 Å². The minimum Gasteiger partial charge on any atom is -0.491 e. The van der Waals surface area contributed by atoms with Crippen LogP contribution in [0.2, 0.25) is 0 Å². The first kappa shape index (κ1) is 14.0. The molecule has 19 heavy (non-hydrogen) atoms. The maximum atomic E-state index is 13.2. The number of benzene rings is 1. The van der Waals surface area contributed by atoms with Crippen molar-refractivity contribution in [2.45, 2.75) is 26.2 Å². The van der Waals surface area contributed by atoms with Crippen LogP contribution >= 0.6 is 0 Å². The minimum absolute atomic E-state index is 0.104. The van der Waals surface area contributed by atoms with Crippen LogP contribution in [0.25, 0.3) is 0 Å². The number of hydrogen-bond donors (Lipinski definition) is 0. The molecule has 1 heterocycles. The summed E-state index contributed by atoms with van der Waals surface area (Å²) in [5.74, 6) is -0.129. The van der Waals surface area contributed by atoms with Gasteiger partial charge < -0.3 is 4.74 Å². The molecule has 0 bridgehead atoms. The van der Waals surface area contributed by atoms with Gasteiger partial charge >= 0.3 is 0 Å². The molecule has 0 N–H and O–H groups in total. The summed E-state index contributed by atoms with van der Waals surface area (Å²) in [6, 6.07) is 4.05.